The molecule has 1 aromatic carbocycles. The molecule has 0 unspecified atom stereocenters. The quantitative estimate of drug-likeness (QED) is 0.399. The highest BCUT2D eigenvalue weighted by molar-refractivity contribution is 7.25. The van der Waals surface area contributed by atoms with E-state index in [2.05, 4.69) is 24.9 Å². The van der Waals surface area contributed by atoms with Crippen molar-refractivity contribution in [1.29, 1.82) is 0 Å². The molecule has 0 radical (unpaired) electrons. The van der Waals surface area contributed by atoms with E-state index in [4.69, 9.17) is 32.9 Å². The molecule has 1 atom stereocenters. The molecule has 8 heteroatoms. The Labute approximate surface area is 187 Å². The number of halogens is 2. The van der Waals surface area contributed by atoms with E-state index >= 15 is 0 Å². The van der Waals surface area contributed by atoms with Crippen LogP contribution in [-0.2, 0) is 24.3 Å². The van der Waals surface area contributed by atoms with Gasteiger partial charge in [0.05, 0.1) is 36.3 Å². The minimum atomic E-state index is -0.191. The summed E-state index contributed by atoms with van der Waals surface area (Å²) in [5.74, 6) is 0. The molecule has 0 saturated heterocycles. The highest BCUT2D eigenvalue weighted by Crippen LogP contribution is 2.35. The van der Waals surface area contributed by atoms with E-state index < -0.39 is 0 Å². The van der Waals surface area contributed by atoms with Gasteiger partial charge in [0.15, 0.2) is 0 Å². The number of thiophene rings is 1. The Balaban J connectivity index is 1.62. The smallest absolute Gasteiger partial charge is 0.271 e. The van der Waals surface area contributed by atoms with Crippen LogP contribution in [0.3, 0.4) is 0 Å². The molecule has 30 heavy (non-hydrogen) atoms. The maximum Gasteiger partial charge on any atom is 0.271 e. The number of benzene rings is 1. The van der Waals surface area contributed by atoms with Gasteiger partial charge in [-0.05, 0) is 31.5 Å². The predicted octanol–water partition coefficient (Wildman–Crippen LogP) is 5.60. The lowest BCUT2D eigenvalue weighted by Crippen LogP contribution is -2.35. The summed E-state index contributed by atoms with van der Waals surface area (Å²) in [7, 11) is 0. The summed E-state index contributed by atoms with van der Waals surface area (Å²) in [6, 6.07) is 7.39. The van der Waals surface area contributed by atoms with Crippen LogP contribution in [0.15, 0.2) is 35.4 Å². The summed E-state index contributed by atoms with van der Waals surface area (Å²) in [5, 5.41) is 1.95. The number of rotatable bonds is 3. The zero-order chi connectivity index (χ0) is 21.0. The van der Waals surface area contributed by atoms with Gasteiger partial charge >= 0.3 is 0 Å². The molecule has 0 bridgehead atoms. The zero-order valence-electron chi connectivity index (χ0n) is 16.5. The summed E-state index contributed by atoms with van der Waals surface area (Å²) >= 11 is 14.0. The first kappa shape index (κ1) is 19.9. The van der Waals surface area contributed by atoms with Gasteiger partial charge in [-0.2, -0.15) is 0 Å². The van der Waals surface area contributed by atoms with Gasteiger partial charge in [-0.15, -0.1) is 11.3 Å². The average Bonchev–Trinajstić information content (AvgIpc) is 3.09. The lowest BCUT2D eigenvalue weighted by Gasteiger charge is -2.33. The Bertz CT molecular complexity index is 1340. The van der Waals surface area contributed by atoms with Crippen LogP contribution < -0.4 is 5.56 Å². The lowest BCUT2D eigenvalue weighted by atomic mass is 9.91. The van der Waals surface area contributed by atoms with Crippen LogP contribution in [0.2, 0.25) is 10.0 Å². The van der Waals surface area contributed by atoms with Crippen molar-refractivity contribution in [2.75, 3.05) is 0 Å². The van der Waals surface area contributed by atoms with E-state index in [1.165, 1.54) is 11.3 Å². The van der Waals surface area contributed by atoms with Gasteiger partial charge < -0.3 is 4.74 Å². The third-order valence-corrected chi connectivity index (χ3v) is 7.65. The van der Waals surface area contributed by atoms with Crippen LogP contribution in [0.1, 0.15) is 37.1 Å². The van der Waals surface area contributed by atoms with Crippen molar-refractivity contribution in [1.82, 2.24) is 14.5 Å². The van der Waals surface area contributed by atoms with E-state index in [1.807, 2.05) is 0 Å². The fraction of sp³-hybridized carbons (Fsp3) is 0.318. The number of pyridine rings is 1. The minimum Gasteiger partial charge on any atom is -0.370 e. The minimum absolute atomic E-state index is 0.119. The Hall–Kier alpha value is -1.99. The Morgan fingerprint density at radius 3 is 2.80 bits per heavy atom. The fourth-order valence-corrected chi connectivity index (χ4v) is 5.40. The molecular weight excluding hydrogens is 441 g/mol. The highest BCUT2D eigenvalue weighted by atomic mass is 35.5. The van der Waals surface area contributed by atoms with Crippen LogP contribution in [0.4, 0.5) is 0 Å². The Morgan fingerprint density at radius 1 is 1.30 bits per heavy atom. The van der Waals surface area contributed by atoms with Gasteiger partial charge in [-0.3, -0.25) is 9.36 Å². The lowest BCUT2D eigenvalue weighted by molar-refractivity contribution is -0.0573. The molecule has 5 rings (SSSR count). The van der Waals surface area contributed by atoms with Crippen LogP contribution in [0, 0.1) is 0 Å². The summed E-state index contributed by atoms with van der Waals surface area (Å²) < 4.78 is 8.19. The molecule has 1 aliphatic heterocycles. The number of aromatic nitrogens is 3. The normalized spacial score (nSPS) is 18.8. The van der Waals surface area contributed by atoms with Gasteiger partial charge in [0.1, 0.15) is 9.53 Å². The third-order valence-electron chi connectivity index (χ3n) is 5.86. The Morgan fingerprint density at radius 2 is 2.07 bits per heavy atom. The zero-order valence-corrected chi connectivity index (χ0v) is 18.9. The first-order chi connectivity index (χ1) is 14.4. The topological polar surface area (TPSA) is 57.0 Å². The number of hydrogen-bond acceptors (Lipinski definition) is 5. The molecule has 4 heterocycles. The number of fused-ring (bicyclic) bond motifs is 4. The van der Waals surface area contributed by atoms with Crippen molar-refractivity contribution >= 4 is 55.0 Å². The van der Waals surface area contributed by atoms with E-state index in [0.717, 1.165) is 34.3 Å². The molecule has 0 saturated carbocycles. The van der Waals surface area contributed by atoms with Crippen LogP contribution in [0.25, 0.3) is 20.4 Å². The number of nitrogens with zero attached hydrogens (tertiary/aromatic N) is 3. The van der Waals surface area contributed by atoms with Crippen molar-refractivity contribution in [3.8, 4) is 0 Å². The van der Waals surface area contributed by atoms with E-state index in [-0.39, 0.29) is 17.7 Å². The van der Waals surface area contributed by atoms with Gasteiger partial charge in [-0.25, -0.2) is 9.97 Å². The summed E-state index contributed by atoms with van der Waals surface area (Å²) in [6.07, 6.45) is 3.25. The molecule has 4 aromatic rings. The molecule has 0 fully saturated rings. The molecule has 0 N–H and O–H groups in total. The third kappa shape index (κ3) is 3.23. The van der Waals surface area contributed by atoms with Crippen molar-refractivity contribution in [3.05, 3.63) is 67.8 Å². The first-order valence-corrected chi connectivity index (χ1v) is 11.3. The molecule has 0 spiro atoms. The van der Waals surface area contributed by atoms with Crippen LogP contribution in [-0.4, -0.2) is 20.1 Å². The summed E-state index contributed by atoms with van der Waals surface area (Å²) in [5.41, 5.74) is 3.20. The predicted molar refractivity (Wildman–Crippen MR) is 122 cm³/mol. The van der Waals surface area contributed by atoms with Gasteiger partial charge in [-0.1, -0.05) is 36.2 Å². The SMILES string of the molecule is CC[C@]1(C)Cc2nc3sc4c(=O)n(Cc5c(Cl)cccc5Cl)cnc4c3cc2CO1. The second-order valence-electron chi connectivity index (χ2n) is 7.87. The summed E-state index contributed by atoms with van der Waals surface area (Å²) in [6.45, 7) is 5.04. The average molecular weight is 460 g/mol. The second kappa shape index (κ2) is 7.31. The van der Waals surface area contributed by atoms with Crippen molar-refractivity contribution in [3.63, 3.8) is 0 Å². The largest absolute Gasteiger partial charge is 0.370 e. The van der Waals surface area contributed by atoms with Crippen molar-refractivity contribution in [2.45, 2.75) is 45.4 Å². The molecular formula is C22H19Cl2N3O2S. The fourth-order valence-electron chi connectivity index (χ4n) is 3.80. The van der Waals surface area contributed by atoms with Crippen LogP contribution >= 0.6 is 34.5 Å². The van der Waals surface area contributed by atoms with E-state index in [1.54, 1.807) is 29.1 Å². The summed E-state index contributed by atoms with van der Waals surface area (Å²) in [4.78, 5) is 23.5. The molecule has 5 nitrogen and oxygen atoms in total. The molecule has 1 aliphatic rings. The highest BCUT2D eigenvalue weighted by Gasteiger charge is 2.31. The van der Waals surface area contributed by atoms with Crippen molar-refractivity contribution in [2.24, 2.45) is 0 Å². The van der Waals surface area contributed by atoms with Gasteiger partial charge in [0.25, 0.3) is 5.56 Å². The van der Waals surface area contributed by atoms with E-state index in [9.17, 15) is 4.79 Å². The number of ether oxygens (including phenoxy) is 1. The second-order valence-corrected chi connectivity index (χ2v) is 9.69. The first-order valence-electron chi connectivity index (χ1n) is 9.76. The number of hydrogen-bond donors (Lipinski definition) is 0. The molecule has 154 valence electrons. The van der Waals surface area contributed by atoms with Crippen molar-refractivity contribution < 1.29 is 4.74 Å². The molecule has 0 amide bonds. The van der Waals surface area contributed by atoms with Gasteiger partial charge in [0, 0.05) is 33.0 Å². The molecule has 0 aliphatic carbocycles. The molecule has 3 aromatic heterocycles. The van der Waals surface area contributed by atoms with Crippen LogP contribution in [0.5, 0.6) is 0 Å². The van der Waals surface area contributed by atoms with Gasteiger partial charge in [0.2, 0.25) is 0 Å². The monoisotopic (exact) mass is 459 g/mol. The maximum atomic E-state index is 13.2. The Kier molecular flexibility index (Phi) is 4.86. The standard InChI is InChI=1S/C22H19Cl2N3O2S/c1-3-22(2)8-17-12(10-29-22)7-13-18-19(30-20(13)26-17)21(28)27(11-25-18)9-14-15(23)5-4-6-16(14)24/h4-7,11H,3,8-10H2,1-2H3/t22-/m1/s1. The maximum absolute atomic E-state index is 13.2. The van der Waals surface area contributed by atoms with E-state index in [0.29, 0.717) is 32.4 Å².